The van der Waals surface area contributed by atoms with E-state index in [1.54, 1.807) is 0 Å². The number of aliphatic hydroxyl groups is 2. The maximum Gasteiger partial charge on any atom is 0.254 e. The van der Waals surface area contributed by atoms with E-state index in [1.807, 2.05) is 13.0 Å². The van der Waals surface area contributed by atoms with Gasteiger partial charge in [-0.25, -0.2) is 4.98 Å². The van der Waals surface area contributed by atoms with E-state index in [0.717, 1.165) is 44.2 Å². The lowest BCUT2D eigenvalue weighted by atomic mass is 9.84. The van der Waals surface area contributed by atoms with Crippen LogP contribution in [0, 0.1) is 0 Å². The quantitative estimate of drug-likeness (QED) is 0.537. The van der Waals surface area contributed by atoms with Crippen LogP contribution in [0.15, 0.2) is 18.0 Å². The Hall–Kier alpha value is -2.19. The van der Waals surface area contributed by atoms with Gasteiger partial charge in [0.05, 0.1) is 11.7 Å². The van der Waals surface area contributed by atoms with Gasteiger partial charge in [0.2, 0.25) is 5.95 Å². The summed E-state index contributed by atoms with van der Waals surface area (Å²) < 4.78 is 0. The number of carbonyl (C=O) groups is 1. The molecule has 0 aliphatic heterocycles. The van der Waals surface area contributed by atoms with Crippen molar-refractivity contribution in [3.05, 3.63) is 23.5 Å². The number of rotatable bonds is 5. The van der Waals surface area contributed by atoms with E-state index in [4.69, 9.17) is 5.73 Å². The van der Waals surface area contributed by atoms with Gasteiger partial charge in [-0.15, -0.1) is 0 Å². The molecule has 1 heterocycles. The van der Waals surface area contributed by atoms with Crippen LogP contribution in [0.25, 0.3) is 0 Å². The van der Waals surface area contributed by atoms with E-state index in [9.17, 15) is 15.0 Å². The highest BCUT2D eigenvalue weighted by Gasteiger charge is 2.29. The summed E-state index contributed by atoms with van der Waals surface area (Å²) in [5, 5.41) is 26.3. The van der Waals surface area contributed by atoms with Crippen molar-refractivity contribution in [1.82, 2.24) is 9.97 Å². The van der Waals surface area contributed by atoms with Gasteiger partial charge < -0.3 is 26.6 Å². The zero-order valence-corrected chi connectivity index (χ0v) is 15.0. The van der Waals surface area contributed by atoms with Crippen molar-refractivity contribution in [2.45, 2.75) is 69.6 Å². The molecule has 1 saturated carbocycles. The van der Waals surface area contributed by atoms with Crippen LogP contribution in [0.1, 0.15) is 62.2 Å². The molecule has 0 bridgehead atoms. The number of hydrogen-bond acceptors (Lipinski definition) is 7. The molecule has 6 N–H and O–H groups in total. The monoisotopic (exact) mass is 361 g/mol. The summed E-state index contributed by atoms with van der Waals surface area (Å²) in [5.41, 5.74) is 5.87. The van der Waals surface area contributed by atoms with E-state index in [2.05, 4.69) is 20.6 Å². The van der Waals surface area contributed by atoms with Crippen molar-refractivity contribution >= 4 is 17.7 Å². The van der Waals surface area contributed by atoms with E-state index in [1.165, 1.54) is 6.20 Å². The Morgan fingerprint density at radius 3 is 2.73 bits per heavy atom. The third-order valence-electron chi connectivity index (χ3n) is 5.08. The molecular formula is C18H27N5O3. The summed E-state index contributed by atoms with van der Waals surface area (Å²) in [6.07, 6.45) is 8.11. The Morgan fingerprint density at radius 1 is 1.35 bits per heavy atom. The van der Waals surface area contributed by atoms with Gasteiger partial charge in [0.1, 0.15) is 11.4 Å². The molecule has 3 rings (SSSR count). The predicted octanol–water partition coefficient (Wildman–Crippen LogP) is 1.52. The average molecular weight is 361 g/mol. The molecule has 26 heavy (non-hydrogen) atoms. The smallest absolute Gasteiger partial charge is 0.254 e. The number of nitrogens with one attached hydrogen (secondary N) is 2. The Kier molecular flexibility index (Phi) is 5.43. The summed E-state index contributed by atoms with van der Waals surface area (Å²) in [4.78, 5) is 20.3. The Labute approximate surface area is 152 Å². The lowest BCUT2D eigenvalue weighted by molar-refractivity contribution is 0.0195. The minimum Gasteiger partial charge on any atom is -0.393 e. The fourth-order valence-electron chi connectivity index (χ4n) is 3.44. The largest absolute Gasteiger partial charge is 0.393 e. The molecule has 0 unspecified atom stereocenters. The third-order valence-corrected chi connectivity index (χ3v) is 5.08. The lowest BCUT2D eigenvalue weighted by Gasteiger charge is -2.33. The van der Waals surface area contributed by atoms with Crippen molar-refractivity contribution in [3.63, 3.8) is 0 Å². The molecule has 142 valence electrons. The standard InChI is InChI=1S/C18H27N5O3/c1-18(26)7-5-11(6-8-18)22-17-20-10-14(15(19)25)16(23-17)21-12-3-2-4-13(24)9-12/h3,10-11,13,24,26H,2,4-9H2,1H3,(H2,19,25)(H2,20,21,22,23)/t11?,13-,18?/m0/s1. The minimum atomic E-state index is -0.607. The predicted molar refractivity (Wildman–Crippen MR) is 98.6 cm³/mol. The fraction of sp³-hybridized carbons (Fsp3) is 0.611. The van der Waals surface area contributed by atoms with Crippen molar-refractivity contribution in [1.29, 1.82) is 0 Å². The molecule has 0 aromatic carbocycles. The van der Waals surface area contributed by atoms with Crippen LogP contribution in [0.5, 0.6) is 0 Å². The van der Waals surface area contributed by atoms with Crippen molar-refractivity contribution in [3.8, 4) is 0 Å². The molecular weight excluding hydrogens is 334 g/mol. The number of nitrogens with zero attached hydrogens (tertiary/aromatic N) is 2. The highest BCUT2D eigenvalue weighted by Crippen LogP contribution is 2.29. The zero-order chi connectivity index (χ0) is 18.7. The SMILES string of the molecule is CC1(O)CCC(Nc2ncc(C(N)=O)c(NC3=CCC[C@H](O)C3)n2)CC1. The molecule has 2 aliphatic carbocycles. The first kappa shape index (κ1) is 18.6. The molecule has 1 atom stereocenters. The van der Waals surface area contributed by atoms with Gasteiger partial charge in [0.25, 0.3) is 5.91 Å². The van der Waals surface area contributed by atoms with Crippen molar-refractivity contribution < 1.29 is 15.0 Å². The molecule has 2 aliphatic rings. The Morgan fingerprint density at radius 2 is 2.08 bits per heavy atom. The summed E-state index contributed by atoms with van der Waals surface area (Å²) >= 11 is 0. The maximum absolute atomic E-state index is 11.7. The normalized spacial score (nSPS) is 29.0. The van der Waals surface area contributed by atoms with Gasteiger partial charge in [-0.05, 0) is 45.4 Å². The lowest BCUT2D eigenvalue weighted by Crippen LogP contribution is -2.36. The molecule has 0 radical (unpaired) electrons. The second kappa shape index (κ2) is 7.59. The molecule has 0 spiro atoms. The van der Waals surface area contributed by atoms with Crippen molar-refractivity contribution in [2.75, 3.05) is 10.6 Å². The second-order valence-electron chi connectivity index (χ2n) is 7.53. The number of anilines is 2. The molecule has 0 saturated heterocycles. The van der Waals surface area contributed by atoms with Crippen LogP contribution in [0.2, 0.25) is 0 Å². The molecule has 8 nitrogen and oxygen atoms in total. The molecule has 1 fully saturated rings. The van der Waals surface area contributed by atoms with E-state index < -0.39 is 17.6 Å². The summed E-state index contributed by atoms with van der Waals surface area (Å²) in [6.45, 7) is 1.86. The van der Waals surface area contributed by atoms with Crippen LogP contribution >= 0.6 is 0 Å². The summed E-state index contributed by atoms with van der Waals surface area (Å²) in [6, 6.07) is 0.179. The number of nitrogens with two attached hydrogens (primary N) is 1. The number of primary amides is 1. The minimum absolute atomic E-state index is 0.179. The molecule has 1 aromatic rings. The first-order chi connectivity index (χ1) is 12.3. The number of amides is 1. The number of aromatic nitrogens is 2. The number of carbonyl (C=O) groups excluding carboxylic acids is 1. The van der Waals surface area contributed by atoms with Crippen LogP contribution in [-0.2, 0) is 0 Å². The highest BCUT2D eigenvalue weighted by molar-refractivity contribution is 5.97. The first-order valence-electron chi connectivity index (χ1n) is 9.12. The average Bonchev–Trinajstić information content (AvgIpc) is 2.57. The topological polar surface area (TPSA) is 133 Å². The van der Waals surface area contributed by atoms with Crippen LogP contribution < -0.4 is 16.4 Å². The van der Waals surface area contributed by atoms with Gasteiger partial charge in [-0.2, -0.15) is 4.98 Å². The van der Waals surface area contributed by atoms with Crippen molar-refractivity contribution in [2.24, 2.45) is 5.73 Å². The number of allylic oxidation sites excluding steroid dienone is 1. The van der Waals surface area contributed by atoms with Gasteiger partial charge in [0.15, 0.2) is 0 Å². The number of hydrogen-bond donors (Lipinski definition) is 5. The molecule has 1 aromatic heterocycles. The first-order valence-corrected chi connectivity index (χ1v) is 9.12. The van der Waals surface area contributed by atoms with E-state index in [0.29, 0.717) is 18.2 Å². The Balaban J connectivity index is 1.74. The highest BCUT2D eigenvalue weighted by atomic mass is 16.3. The zero-order valence-electron chi connectivity index (χ0n) is 15.0. The van der Waals surface area contributed by atoms with Gasteiger partial charge >= 0.3 is 0 Å². The van der Waals surface area contributed by atoms with Crippen LogP contribution in [0.4, 0.5) is 11.8 Å². The van der Waals surface area contributed by atoms with E-state index >= 15 is 0 Å². The summed E-state index contributed by atoms with van der Waals surface area (Å²) in [7, 11) is 0. The third kappa shape index (κ3) is 4.70. The Bertz CT molecular complexity index is 694. The molecule has 1 amide bonds. The summed E-state index contributed by atoms with van der Waals surface area (Å²) in [5.74, 6) is 0.156. The fourth-order valence-corrected chi connectivity index (χ4v) is 3.44. The van der Waals surface area contributed by atoms with Gasteiger partial charge in [-0.3, -0.25) is 4.79 Å². The maximum atomic E-state index is 11.7. The van der Waals surface area contributed by atoms with Crippen LogP contribution in [0.3, 0.4) is 0 Å². The van der Waals surface area contributed by atoms with Gasteiger partial charge in [0, 0.05) is 24.4 Å². The van der Waals surface area contributed by atoms with E-state index in [-0.39, 0.29) is 11.6 Å². The van der Waals surface area contributed by atoms with Crippen LogP contribution in [-0.4, -0.2) is 43.8 Å². The van der Waals surface area contributed by atoms with Gasteiger partial charge in [-0.1, -0.05) is 6.08 Å². The number of aliphatic hydroxyl groups excluding tert-OH is 1. The molecule has 8 heteroatoms. The second-order valence-corrected chi connectivity index (χ2v) is 7.53.